The Labute approximate surface area is 82.6 Å². The van der Waals surface area contributed by atoms with Crippen molar-refractivity contribution in [3.63, 3.8) is 0 Å². The van der Waals surface area contributed by atoms with E-state index in [9.17, 15) is 4.79 Å². The molecule has 4 heteroatoms. The molecular weight excluding hydrogens is 182 g/mol. The standard InChI is InChI=1S/C10H13NO3/c1-7-3-5-8(6-4-7)9(14-11)10(12)13-2/h3-6,9H,11H2,1-2H3. The number of benzene rings is 1. The molecular formula is C10H13NO3. The van der Waals surface area contributed by atoms with Gasteiger partial charge in [0.1, 0.15) is 0 Å². The van der Waals surface area contributed by atoms with Gasteiger partial charge < -0.3 is 4.74 Å². The molecule has 0 bridgehead atoms. The maximum Gasteiger partial charge on any atom is 0.341 e. The number of hydrogen-bond donors (Lipinski definition) is 1. The molecule has 1 atom stereocenters. The van der Waals surface area contributed by atoms with E-state index < -0.39 is 12.1 Å². The predicted octanol–water partition coefficient (Wildman–Crippen LogP) is 1.10. The number of nitrogens with two attached hydrogens (primary N) is 1. The first kappa shape index (κ1) is 10.7. The highest BCUT2D eigenvalue weighted by atomic mass is 16.6. The van der Waals surface area contributed by atoms with E-state index in [-0.39, 0.29) is 0 Å². The van der Waals surface area contributed by atoms with Gasteiger partial charge in [0.15, 0.2) is 0 Å². The van der Waals surface area contributed by atoms with Gasteiger partial charge in [0.2, 0.25) is 6.10 Å². The van der Waals surface area contributed by atoms with E-state index in [0.29, 0.717) is 5.56 Å². The number of esters is 1. The fourth-order valence-electron chi connectivity index (χ4n) is 1.12. The fourth-order valence-corrected chi connectivity index (χ4v) is 1.12. The van der Waals surface area contributed by atoms with Crippen molar-refractivity contribution in [2.24, 2.45) is 5.90 Å². The Balaban J connectivity index is 2.89. The molecule has 1 aromatic carbocycles. The Morgan fingerprint density at radius 2 is 1.93 bits per heavy atom. The van der Waals surface area contributed by atoms with Crippen LogP contribution in [-0.4, -0.2) is 13.1 Å². The SMILES string of the molecule is COC(=O)C(ON)c1ccc(C)cc1. The van der Waals surface area contributed by atoms with Crippen LogP contribution in [0, 0.1) is 6.92 Å². The summed E-state index contributed by atoms with van der Waals surface area (Å²) in [6.07, 6.45) is -0.847. The van der Waals surface area contributed by atoms with Crippen LogP contribution in [0.25, 0.3) is 0 Å². The van der Waals surface area contributed by atoms with E-state index >= 15 is 0 Å². The van der Waals surface area contributed by atoms with Crippen molar-refractivity contribution in [3.05, 3.63) is 35.4 Å². The van der Waals surface area contributed by atoms with Gasteiger partial charge in [0.25, 0.3) is 0 Å². The van der Waals surface area contributed by atoms with E-state index in [1.807, 2.05) is 19.1 Å². The topological polar surface area (TPSA) is 61.5 Å². The minimum absolute atomic E-state index is 0.503. The highest BCUT2D eigenvalue weighted by Crippen LogP contribution is 2.17. The van der Waals surface area contributed by atoms with Gasteiger partial charge in [-0.3, -0.25) is 4.84 Å². The molecule has 4 nitrogen and oxygen atoms in total. The highest BCUT2D eigenvalue weighted by Gasteiger charge is 2.20. The van der Waals surface area contributed by atoms with Crippen molar-refractivity contribution < 1.29 is 14.4 Å². The number of methoxy groups -OCH3 is 1. The maximum atomic E-state index is 11.2. The van der Waals surface area contributed by atoms with Crippen molar-refractivity contribution in [2.45, 2.75) is 13.0 Å². The molecule has 76 valence electrons. The van der Waals surface area contributed by atoms with Crippen LogP contribution in [0.5, 0.6) is 0 Å². The lowest BCUT2D eigenvalue weighted by atomic mass is 10.1. The summed E-state index contributed by atoms with van der Waals surface area (Å²) in [5.41, 5.74) is 1.79. The fraction of sp³-hybridized carbons (Fsp3) is 0.300. The number of ether oxygens (including phenoxy) is 1. The minimum Gasteiger partial charge on any atom is -0.467 e. The highest BCUT2D eigenvalue weighted by molar-refractivity contribution is 5.76. The molecule has 1 aromatic rings. The Bertz CT molecular complexity index is 308. The molecule has 0 aromatic heterocycles. The normalized spacial score (nSPS) is 12.2. The third kappa shape index (κ3) is 2.31. The molecule has 0 saturated heterocycles. The lowest BCUT2D eigenvalue weighted by Crippen LogP contribution is -2.20. The van der Waals surface area contributed by atoms with Gasteiger partial charge >= 0.3 is 5.97 Å². The monoisotopic (exact) mass is 195 g/mol. The van der Waals surface area contributed by atoms with Crippen molar-refractivity contribution in [3.8, 4) is 0 Å². The van der Waals surface area contributed by atoms with Gasteiger partial charge in [0, 0.05) is 0 Å². The van der Waals surface area contributed by atoms with Gasteiger partial charge in [-0.25, -0.2) is 10.7 Å². The molecule has 1 rings (SSSR count). The summed E-state index contributed by atoms with van der Waals surface area (Å²) in [6.45, 7) is 1.96. The average molecular weight is 195 g/mol. The Hall–Kier alpha value is -1.39. The number of carbonyl (C=O) groups excluding carboxylic acids is 1. The van der Waals surface area contributed by atoms with Gasteiger partial charge in [0.05, 0.1) is 7.11 Å². The van der Waals surface area contributed by atoms with Crippen LogP contribution < -0.4 is 5.90 Å². The second kappa shape index (κ2) is 4.74. The summed E-state index contributed by atoms with van der Waals surface area (Å²) in [7, 11) is 1.29. The summed E-state index contributed by atoms with van der Waals surface area (Å²) in [4.78, 5) is 15.8. The number of hydrogen-bond acceptors (Lipinski definition) is 4. The molecule has 14 heavy (non-hydrogen) atoms. The Morgan fingerprint density at radius 1 is 1.36 bits per heavy atom. The predicted molar refractivity (Wildman–Crippen MR) is 51.2 cm³/mol. The van der Waals surface area contributed by atoms with Gasteiger partial charge in [-0.15, -0.1) is 0 Å². The van der Waals surface area contributed by atoms with E-state index in [2.05, 4.69) is 9.57 Å². The largest absolute Gasteiger partial charge is 0.467 e. The van der Waals surface area contributed by atoms with Crippen LogP contribution in [0.15, 0.2) is 24.3 Å². The van der Waals surface area contributed by atoms with Crippen LogP contribution in [-0.2, 0) is 14.4 Å². The molecule has 2 N–H and O–H groups in total. The second-order valence-electron chi connectivity index (χ2n) is 2.95. The molecule has 0 aliphatic heterocycles. The van der Waals surface area contributed by atoms with Crippen molar-refractivity contribution in [2.75, 3.05) is 7.11 Å². The van der Waals surface area contributed by atoms with Gasteiger partial charge in [-0.2, -0.15) is 0 Å². The van der Waals surface area contributed by atoms with Crippen LogP contribution in [0.1, 0.15) is 17.2 Å². The lowest BCUT2D eigenvalue weighted by molar-refractivity contribution is -0.155. The quantitative estimate of drug-likeness (QED) is 0.579. The number of aryl methyl sites for hydroxylation is 1. The summed E-state index contributed by atoms with van der Waals surface area (Å²) in [5.74, 6) is 4.52. The second-order valence-corrected chi connectivity index (χ2v) is 2.95. The number of rotatable bonds is 3. The molecule has 0 fully saturated rings. The van der Waals surface area contributed by atoms with Crippen molar-refractivity contribution >= 4 is 5.97 Å². The van der Waals surface area contributed by atoms with Crippen LogP contribution in [0.4, 0.5) is 0 Å². The first-order valence-corrected chi connectivity index (χ1v) is 4.19. The van der Waals surface area contributed by atoms with Crippen molar-refractivity contribution in [1.82, 2.24) is 0 Å². The summed E-state index contributed by atoms with van der Waals surface area (Å²) < 4.78 is 4.54. The van der Waals surface area contributed by atoms with Crippen LogP contribution in [0.3, 0.4) is 0 Å². The zero-order valence-corrected chi connectivity index (χ0v) is 8.19. The van der Waals surface area contributed by atoms with E-state index in [1.165, 1.54) is 7.11 Å². The summed E-state index contributed by atoms with van der Waals surface area (Å²) in [6, 6.07) is 7.32. The number of carbonyl (C=O) groups is 1. The summed E-state index contributed by atoms with van der Waals surface area (Å²) >= 11 is 0. The molecule has 0 radical (unpaired) electrons. The van der Waals surface area contributed by atoms with Gasteiger partial charge in [-0.05, 0) is 12.5 Å². The molecule has 0 aliphatic rings. The maximum absolute atomic E-state index is 11.2. The minimum atomic E-state index is -0.847. The molecule has 0 spiro atoms. The van der Waals surface area contributed by atoms with Gasteiger partial charge in [-0.1, -0.05) is 29.8 Å². The molecule has 0 saturated carbocycles. The Morgan fingerprint density at radius 3 is 2.36 bits per heavy atom. The zero-order valence-electron chi connectivity index (χ0n) is 8.19. The van der Waals surface area contributed by atoms with E-state index in [4.69, 9.17) is 5.90 Å². The third-order valence-corrected chi connectivity index (χ3v) is 1.93. The van der Waals surface area contributed by atoms with E-state index in [1.54, 1.807) is 12.1 Å². The zero-order chi connectivity index (χ0) is 10.6. The Kier molecular flexibility index (Phi) is 3.62. The molecule has 0 amide bonds. The van der Waals surface area contributed by atoms with Crippen molar-refractivity contribution in [1.29, 1.82) is 0 Å². The average Bonchev–Trinajstić information content (AvgIpc) is 2.21. The van der Waals surface area contributed by atoms with Crippen LogP contribution in [0.2, 0.25) is 0 Å². The first-order valence-electron chi connectivity index (χ1n) is 4.19. The van der Waals surface area contributed by atoms with Crippen LogP contribution >= 0.6 is 0 Å². The molecule has 0 aliphatic carbocycles. The van der Waals surface area contributed by atoms with E-state index in [0.717, 1.165) is 5.56 Å². The molecule has 1 unspecified atom stereocenters. The summed E-state index contributed by atoms with van der Waals surface area (Å²) in [5, 5.41) is 0. The first-order chi connectivity index (χ1) is 6.69. The third-order valence-electron chi connectivity index (χ3n) is 1.93. The molecule has 0 heterocycles. The lowest BCUT2D eigenvalue weighted by Gasteiger charge is -2.12. The smallest absolute Gasteiger partial charge is 0.341 e.